The van der Waals surface area contributed by atoms with E-state index in [0.29, 0.717) is 54.0 Å². The van der Waals surface area contributed by atoms with Gasteiger partial charge in [-0.3, -0.25) is 9.69 Å². The summed E-state index contributed by atoms with van der Waals surface area (Å²) >= 11 is 0. The summed E-state index contributed by atoms with van der Waals surface area (Å²) in [5, 5.41) is 0.467. The molecule has 0 spiro atoms. The lowest BCUT2D eigenvalue weighted by atomic mass is 10.1. The van der Waals surface area contributed by atoms with Gasteiger partial charge in [-0.2, -0.15) is 0 Å². The molecule has 172 valence electrons. The fourth-order valence-electron chi connectivity index (χ4n) is 4.69. The van der Waals surface area contributed by atoms with E-state index in [9.17, 15) is 9.59 Å². The number of esters is 1. The second-order valence-electron chi connectivity index (χ2n) is 8.54. The van der Waals surface area contributed by atoms with Crippen LogP contribution in [0.4, 0.5) is 0 Å². The van der Waals surface area contributed by atoms with E-state index in [-0.39, 0.29) is 11.2 Å². The molecule has 2 aromatic carbocycles. The van der Waals surface area contributed by atoms with Crippen molar-refractivity contribution in [2.24, 2.45) is 0 Å². The summed E-state index contributed by atoms with van der Waals surface area (Å²) in [4.78, 5) is 27.5. The number of nitrogens with zero attached hydrogens (tertiary/aromatic N) is 1. The summed E-state index contributed by atoms with van der Waals surface area (Å²) in [5.41, 5.74) is 1.66. The minimum atomic E-state index is -0.399. The van der Waals surface area contributed by atoms with Crippen LogP contribution in [0.3, 0.4) is 0 Å². The second-order valence-corrected chi connectivity index (χ2v) is 8.54. The van der Waals surface area contributed by atoms with Crippen LogP contribution in [0, 0.1) is 6.92 Å². The van der Waals surface area contributed by atoms with Crippen molar-refractivity contribution in [2.45, 2.75) is 52.1 Å². The first-order valence-corrected chi connectivity index (χ1v) is 11.5. The Morgan fingerprint density at radius 2 is 1.88 bits per heavy atom. The number of rotatable bonds is 5. The van der Waals surface area contributed by atoms with Crippen LogP contribution in [0.5, 0.6) is 17.2 Å². The largest absolute Gasteiger partial charge is 0.478 e. The van der Waals surface area contributed by atoms with E-state index < -0.39 is 5.97 Å². The number of carbonyl (C=O) groups excluding carboxylic acids is 1. The molecule has 33 heavy (non-hydrogen) atoms. The van der Waals surface area contributed by atoms with Crippen LogP contribution < -0.4 is 14.9 Å². The van der Waals surface area contributed by atoms with Crippen molar-refractivity contribution in [3.8, 4) is 17.2 Å². The predicted octanol–water partition coefficient (Wildman–Crippen LogP) is 5.16. The molecule has 0 atom stereocenters. The van der Waals surface area contributed by atoms with E-state index in [2.05, 4.69) is 4.90 Å². The van der Waals surface area contributed by atoms with Gasteiger partial charge in [0.15, 0.2) is 0 Å². The Morgan fingerprint density at radius 3 is 2.61 bits per heavy atom. The molecular weight excluding hydrogens is 422 g/mol. The maximum atomic E-state index is 13.3. The molecule has 1 aliphatic heterocycles. The minimum absolute atomic E-state index is 0.135. The Balaban J connectivity index is 1.46. The average Bonchev–Trinajstić information content (AvgIpc) is 3.37. The van der Waals surface area contributed by atoms with Gasteiger partial charge in [0.05, 0.1) is 23.1 Å². The molecule has 1 aromatic heterocycles. The lowest BCUT2D eigenvalue weighted by molar-refractivity contribution is 0.0526. The average molecular weight is 450 g/mol. The summed E-state index contributed by atoms with van der Waals surface area (Å²) in [6, 6.07) is 10.6. The third-order valence-electron chi connectivity index (χ3n) is 6.42. The Kier molecular flexibility index (Phi) is 5.81. The molecule has 7 nitrogen and oxygen atoms in total. The molecule has 0 radical (unpaired) electrons. The highest BCUT2D eigenvalue weighted by Gasteiger charge is 2.29. The van der Waals surface area contributed by atoms with Crippen LogP contribution in [-0.4, -0.2) is 30.2 Å². The number of fused-ring (bicyclic) bond motifs is 3. The van der Waals surface area contributed by atoms with Crippen LogP contribution >= 0.6 is 0 Å². The van der Waals surface area contributed by atoms with E-state index in [1.807, 2.05) is 6.07 Å². The van der Waals surface area contributed by atoms with Crippen LogP contribution in [0.25, 0.3) is 11.0 Å². The fraction of sp³-hybridized carbons (Fsp3) is 0.385. The van der Waals surface area contributed by atoms with Gasteiger partial charge in [-0.05, 0) is 63.1 Å². The molecule has 2 aliphatic rings. The van der Waals surface area contributed by atoms with Gasteiger partial charge in [-0.15, -0.1) is 0 Å². The zero-order chi connectivity index (χ0) is 22.9. The number of ether oxygens (including phenoxy) is 3. The second kappa shape index (κ2) is 8.90. The van der Waals surface area contributed by atoms with Gasteiger partial charge in [0, 0.05) is 12.6 Å². The highest BCUT2D eigenvalue weighted by Crippen LogP contribution is 2.36. The summed E-state index contributed by atoms with van der Waals surface area (Å²) < 4.78 is 23.0. The van der Waals surface area contributed by atoms with Crippen molar-refractivity contribution < 1.29 is 23.4 Å². The highest BCUT2D eigenvalue weighted by atomic mass is 16.5. The molecular formula is C26H27NO6. The number of hydrogen-bond acceptors (Lipinski definition) is 7. The first kappa shape index (κ1) is 21.5. The first-order valence-electron chi connectivity index (χ1n) is 11.5. The van der Waals surface area contributed by atoms with Crippen molar-refractivity contribution in [2.75, 3.05) is 13.3 Å². The number of hydrogen-bond donors (Lipinski definition) is 0. The zero-order valence-corrected chi connectivity index (χ0v) is 18.9. The van der Waals surface area contributed by atoms with Crippen molar-refractivity contribution in [1.29, 1.82) is 0 Å². The van der Waals surface area contributed by atoms with Crippen molar-refractivity contribution >= 4 is 16.9 Å². The molecule has 7 heteroatoms. The smallest absolute Gasteiger partial charge is 0.338 e. The van der Waals surface area contributed by atoms with Crippen molar-refractivity contribution in [3.63, 3.8) is 0 Å². The molecule has 3 aromatic rings. The summed E-state index contributed by atoms with van der Waals surface area (Å²) in [5.74, 6) is 1.34. The lowest BCUT2D eigenvalue weighted by Gasteiger charge is -2.33. The number of carbonyl (C=O) groups is 1. The Bertz CT molecular complexity index is 1240. The Hall–Kier alpha value is -3.32. The molecule has 5 rings (SSSR count). The normalized spacial score (nSPS) is 16.4. The lowest BCUT2D eigenvalue weighted by Crippen LogP contribution is -2.39. The van der Waals surface area contributed by atoms with Crippen molar-refractivity contribution in [1.82, 2.24) is 4.90 Å². The Labute approximate surface area is 191 Å². The molecule has 0 amide bonds. The Morgan fingerprint density at radius 1 is 1.12 bits per heavy atom. The van der Waals surface area contributed by atoms with E-state index in [4.69, 9.17) is 18.6 Å². The molecule has 2 heterocycles. The number of aryl methyl sites for hydroxylation is 1. The quantitative estimate of drug-likeness (QED) is 0.498. The fourth-order valence-corrected chi connectivity index (χ4v) is 4.69. The first-order chi connectivity index (χ1) is 16.0. The van der Waals surface area contributed by atoms with E-state index in [1.54, 1.807) is 44.2 Å². The van der Waals surface area contributed by atoms with E-state index in [0.717, 1.165) is 11.3 Å². The summed E-state index contributed by atoms with van der Waals surface area (Å²) in [7, 11) is 0. The third kappa shape index (κ3) is 4.09. The van der Waals surface area contributed by atoms with Gasteiger partial charge in [-0.25, -0.2) is 4.79 Å². The molecule has 1 fully saturated rings. The van der Waals surface area contributed by atoms with Crippen LogP contribution in [-0.2, 0) is 11.3 Å². The maximum Gasteiger partial charge on any atom is 0.338 e. The zero-order valence-electron chi connectivity index (χ0n) is 18.9. The van der Waals surface area contributed by atoms with Crippen LogP contribution in [0.2, 0.25) is 0 Å². The van der Waals surface area contributed by atoms with Crippen molar-refractivity contribution in [3.05, 3.63) is 63.5 Å². The third-order valence-corrected chi connectivity index (χ3v) is 6.42. The van der Waals surface area contributed by atoms with Crippen LogP contribution in [0.1, 0.15) is 54.3 Å². The van der Waals surface area contributed by atoms with Crippen LogP contribution in [0.15, 0.2) is 45.6 Å². The highest BCUT2D eigenvalue weighted by molar-refractivity contribution is 5.89. The topological polar surface area (TPSA) is 78.2 Å². The predicted molar refractivity (Wildman–Crippen MR) is 123 cm³/mol. The molecule has 1 saturated carbocycles. The van der Waals surface area contributed by atoms with Gasteiger partial charge in [-0.1, -0.05) is 12.8 Å². The molecule has 0 unspecified atom stereocenters. The molecule has 0 saturated heterocycles. The van der Waals surface area contributed by atoms with E-state index in [1.165, 1.54) is 25.7 Å². The standard InChI is InChI=1S/C26H27NO6/c1-3-30-26(29)17-8-10-19(11-9-17)33-24-16(2)32-25-20(23(24)28)12-13-22-21(25)14-27(15-31-22)18-6-4-5-7-18/h8-13,18H,3-7,14-15H2,1-2H3. The van der Waals surface area contributed by atoms with E-state index >= 15 is 0 Å². The maximum absolute atomic E-state index is 13.3. The SMILES string of the molecule is CCOC(=O)c1ccc(Oc2c(C)oc3c4c(ccc3c2=O)OCN(C2CCCC2)C4)cc1. The molecule has 1 aliphatic carbocycles. The number of benzene rings is 2. The summed E-state index contributed by atoms with van der Waals surface area (Å²) in [6.07, 6.45) is 4.86. The van der Waals surface area contributed by atoms with Gasteiger partial charge in [0.1, 0.15) is 29.6 Å². The van der Waals surface area contributed by atoms with Gasteiger partial charge >= 0.3 is 5.97 Å². The monoisotopic (exact) mass is 449 g/mol. The molecule has 0 N–H and O–H groups in total. The summed E-state index contributed by atoms with van der Waals surface area (Å²) in [6.45, 7) is 5.06. The van der Waals surface area contributed by atoms with Gasteiger partial charge in [0.2, 0.25) is 11.2 Å². The minimum Gasteiger partial charge on any atom is -0.478 e. The molecule has 0 bridgehead atoms. The van der Waals surface area contributed by atoms with Gasteiger partial charge in [0.25, 0.3) is 0 Å². The van der Waals surface area contributed by atoms with Gasteiger partial charge < -0.3 is 18.6 Å².